The molecule has 0 aromatic heterocycles. The molecule has 0 unspecified atom stereocenters. The normalized spacial score (nSPS) is 16.0. The second kappa shape index (κ2) is 6.76. The van der Waals surface area contributed by atoms with Crippen LogP contribution in [0.1, 0.15) is 16.7 Å². The number of anilines is 1. The summed E-state index contributed by atoms with van der Waals surface area (Å²) in [4.78, 5) is 0. The predicted molar refractivity (Wildman–Crippen MR) is 99.4 cm³/mol. The molecule has 3 rings (SSSR count). The fourth-order valence-electron chi connectivity index (χ4n) is 2.76. The molecule has 0 spiro atoms. The van der Waals surface area contributed by atoms with Crippen LogP contribution < -0.4 is 14.2 Å². The second-order valence-electron chi connectivity index (χ2n) is 5.99. The van der Waals surface area contributed by atoms with E-state index in [4.69, 9.17) is 5.14 Å². The number of benzene rings is 2. The summed E-state index contributed by atoms with van der Waals surface area (Å²) in [5.74, 6) is -1.18. The molecule has 2 aromatic carbocycles. The van der Waals surface area contributed by atoms with E-state index in [1.165, 1.54) is 12.1 Å². The number of aliphatic hydroxyl groups excluding tert-OH is 1. The SMILES string of the molecule is NS(=O)(=O)Cc1ccccc1Cc1ccc(N2C=C(O)NS2(=O)=O)c(O)c1. The van der Waals surface area contributed by atoms with Crippen LogP contribution in [0.2, 0.25) is 0 Å². The van der Waals surface area contributed by atoms with Gasteiger partial charge >= 0.3 is 10.2 Å². The Labute approximate surface area is 156 Å². The minimum absolute atomic E-state index is 0.0341. The summed E-state index contributed by atoms with van der Waals surface area (Å²) < 4.78 is 49.2. The van der Waals surface area contributed by atoms with Crippen LogP contribution in [-0.4, -0.2) is 27.0 Å². The average Bonchev–Trinajstić information content (AvgIpc) is 2.80. The van der Waals surface area contributed by atoms with Crippen molar-refractivity contribution in [3.63, 3.8) is 0 Å². The molecule has 9 nitrogen and oxygen atoms in total. The molecule has 1 aliphatic rings. The third-order valence-corrected chi connectivity index (χ3v) is 5.88. The van der Waals surface area contributed by atoms with Crippen LogP contribution in [0.5, 0.6) is 5.75 Å². The number of phenols is 1. The van der Waals surface area contributed by atoms with Crippen molar-refractivity contribution in [3.05, 3.63) is 71.2 Å². The minimum atomic E-state index is -4.01. The van der Waals surface area contributed by atoms with Crippen molar-refractivity contribution in [2.75, 3.05) is 4.31 Å². The number of phenolic OH excluding ortho intramolecular Hbond substituents is 1. The molecule has 0 fully saturated rings. The lowest BCUT2D eigenvalue weighted by Gasteiger charge is -2.16. The Hall–Kier alpha value is -2.76. The number of sulfonamides is 1. The molecule has 0 saturated carbocycles. The van der Waals surface area contributed by atoms with Crippen LogP contribution in [-0.2, 0) is 32.4 Å². The van der Waals surface area contributed by atoms with Crippen molar-refractivity contribution >= 4 is 25.9 Å². The third kappa shape index (κ3) is 4.32. The smallest absolute Gasteiger partial charge is 0.330 e. The second-order valence-corrected chi connectivity index (χ2v) is 9.16. The zero-order valence-corrected chi connectivity index (χ0v) is 15.5. The lowest BCUT2D eigenvalue weighted by molar-refractivity contribution is 0.392. The van der Waals surface area contributed by atoms with Gasteiger partial charge in [0.15, 0.2) is 0 Å². The van der Waals surface area contributed by atoms with E-state index < -0.39 is 26.1 Å². The summed E-state index contributed by atoms with van der Waals surface area (Å²) in [6, 6.07) is 11.2. The van der Waals surface area contributed by atoms with E-state index in [9.17, 15) is 27.0 Å². The standard InChI is InChI=1S/C16H17N3O6S2/c17-26(22,23)10-13-4-2-1-3-12(13)7-11-5-6-14(15(20)8-11)19-9-16(21)18-27(19,24)25/h1-6,8-9,18,20-21H,7,10H2,(H2,17,22,23). The molecule has 5 N–H and O–H groups in total. The Balaban J connectivity index is 1.90. The number of hydrogen-bond acceptors (Lipinski definition) is 6. The molecule has 0 amide bonds. The van der Waals surface area contributed by atoms with Gasteiger partial charge in [-0.3, -0.25) is 0 Å². The topological polar surface area (TPSA) is 150 Å². The van der Waals surface area contributed by atoms with E-state index >= 15 is 0 Å². The fraction of sp³-hybridized carbons (Fsp3) is 0.125. The first kappa shape index (κ1) is 19.0. The summed E-state index contributed by atoms with van der Waals surface area (Å²) in [6.45, 7) is 0. The van der Waals surface area contributed by atoms with Gasteiger partial charge < -0.3 is 10.2 Å². The molecule has 0 radical (unpaired) electrons. The molecule has 0 bridgehead atoms. The van der Waals surface area contributed by atoms with Gasteiger partial charge in [-0.25, -0.2) is 22.6 Å². The first-order chi connectivity index (χ1) is 12.5. The molecule has 1 aliphatic heterocycles. The van der Waals surface area contributed by atoms with E-state index in [0.717, 1.165) is 10.5 Å². The Morgan fingerprint density at radius 3 is 2.30 bits per heavy atom. The van der Waals surface area contributed by atoms with Gasteiger partial charge in [0, 0.05) is 0 Å². The average molecular weight is 411 g/mol. The molecule has 27 heavy (non-hydrogen) atoms. The van der Waals surface area contributed by atoms with Crippen molar-refractivity contribution in [1.82, 2.24) is 4.72 Å². The largest absolute Gasteiger partial charge is 0.506 e. The molecule has 0 saturated heterocycles. The van der Waals surface area contributed by atoms with Crippen LogP contribution in [0, 0.1) is 0 Å². The van der Waals surface area contributed by atoms with E-state index in [-0.39, 0.29) is 17.2 Å². The van der Waals surface area contributed by atoms with Gasteiger partial charge in [0.1, 0.15) is 11.4 Å². The quantitative estimate of drug-likeness (QED) is 0.571. The number of rotatable bonds is 5. The Morgan fingerprint density at radius 1 is 1.07 bits per heavy atom. The Bertz CT molecular complexity index is 1130. The van der Waals surface area contributed by atoms with Crippen LogP contribution in [0.25, 0.3) is 0 Å². The van der Waals surface area contributed by atoms with E-state index in [2.05, 4.69) is 0 Å². The highest BCUT2D eigenvalue weighted by Crippen LogP contribution is 2.33. The maximum atomic E-state index is 11.9. The fourth-order valence-corrected chi connectivity index (χ4v) is 4.54. The molecular formula is C16H17N3O6S2. The predicted octanol–water partition coefficient (Wildman–Crippen LogP) is 0.783. The van der Waals surface area contributed by atoms with E-state index in [1.807, 2.05) is 4.72 Å². The molecule has 0 aliphatic carbocycles. The van der Waals surface area contributed by atoms with Crippen molar-refractivity contribution < 1.29 is 27.0 Å². The van der Waals surface area contributed by atoms with Crippen LogP contribution in [0.4, 0.5) is 5.69 Å². The Morgan fingerprint density at radius 2 is 1.74 bits per heavy atom. The number of hydrogen-bond donors (Lipinski definition) is 4. The molecule has 144 valence electrons. The minimum Gasteiger partial charge on any atom is -0.506 e. The van der Waals surface area contributed by atoms with Gasteiger partial charge in [-0.15, -0.1) is 0 Å². The number of aliphatic hydroxyl groups is 1. The molecule has 11 heteroatoms. The molecular weight excluding hydrogens is 394 g/mol. The highest BCUT2D eigenvalue weighted by atomic mass is 32.2. The summed E-state index contributed by atoms with van der Waals surface area (Å²) in [7, 11) is -7.71. The van der Waals surface area contributed by atoms with Crippen LogP contribution >= 0.6 is 0 Å². The lowest BCUT2D eigenvalue weighted by Crippen LogP contribution is -2.29. The van der Waals surface area contributed by atoms with Crippen molar-refractivity contribution in [1.29, 1.82) is 0 Å². The molecule has 2 aromatic rings. The van der Waals surface area contributed by atoms with Crippen LogP contribution in [0.15, 0.2) is 54.5 Å². The zero-order valence-electron chi connectivity index (χ0n) is 13.9. The highest BCUT2D eigenvalue weighted by molar-refractivity contribution is 7.91. The van der Waals surface area contributed by atoms with Crippen LogP contribution in [0.3, 0.4) is 0 Å². The maximum absolute atomic E-state index is 11.9. The summed E-state index contributed by atoms with van der Waals surface area (Å²) in [6.07, 6.45) is 1.25. The van der Waals surface area contributed by atoms with Gasteiger partial charge in [-0.1, -0.05) is 30.3 Å². The number of aromatic hydroxyl groups is 1. The van der Waals surface area contributed by atoms with Gasteiger partial charge in [-0.2, -0.15) is 8.42 Å². The number of nitrogens with two attached hydrogens (primary N) is 1. The summed E-state index contributed by atoms with van der Waals surface area (Å²) in [5, 5.41) is 24.7. The van der Waals surface area contributed by atoms with Gasteiger partial charge in [-0.05, 0) is 35.2 Å². The maximum Gasteiger partial charge on any atom is 0.330 e. The zero-order chi connectivity index (χ0) is 19.8. The molecule has 1 heterocycles. The number of nitrogens with zero attached hydrogens (tertiary/aromatic N) is 1. The van der Waals surface area contributed by atoms with Gasteiger partial charge in [0.25, 0.3) is 0 Å². The summed E-state index contributed by atoms with van der Waals surface area (Å²) in [5.41, 5.74) is 1.86. The number of nitrogens with one attached hydrogen (secondary N) is 1. The van der Waals surface area contributed by atoms with Crippen molar-refractivity contribution in [2.24, 2.45) is 5.14 Å². The lowest BCUT2D eigenvalue weighted by atomic mass is 10.00. The van der Waals surface area contributed by atoms with Crippen molar-refractivity contribution in [3.8, 4) is 5.75 Å². The van der Waals surface area contributed by atoms with Gasteiger partial charge in [0.05, 0.1) is 12.0 Å². The summed E-state index contributed by atoms with van der Waals surface area (Å²) >= 11 is 0. The first-order valence-electron chi connectivity index (χ1n) is 7.67. The Kier molecular flexibility index (Phi) is 4.76. The highest BCUT2D eigenvalue weighted by Gasteiger charge is 2.30. The van der Waals surface area contributed by atoms with E-state index in [1.54, 1.807) is 30.3 Å². The monoisotopic (exact) mass is 411 g/mol. The van der Waals surface area contributed by atoms with Crippen molar-refractivity contribution in [2.45, 2.75) is 12.2 Å². The first-order valence-corrected chi connectivity index (χ1v) is 10.8. The van der Waals surface area contributed by atoms with E-state index in [0.29, 0.717) is 23.1 Å². The number of primary sulfonamides is 1. The molecule has 0 atom stereocenters. The van der Waals surface area contributed by atoms with Gasteiger partial charge in [0.2, 0.25) is 15.9 Å². The third-order valence-electron chi connectivity index (χ3n) is 3.88.